The van der Waals surface area contributed by atoms with E-state index in [9.17, 15) is 4.79 Å². The number of ether oxygens (including phenoxy) is 1. The van der Waals surface area contributed by atoms with Gasteiger partial charge in [0, 0.05) is 13.1 Å². The van der Waals surface area contributed by atoms with Crippen LogP contribution in [0.2, 0.25) is 0 Å². The molecule has 0 unspecified atom stereocenters. The Labute approximate surface area is 97.3 Å². The number of likely N-dealkylation sites (tertiary alicyclic amines) is 1. The molecule has 2 heterocycles. The summed E-state index contributed by atoms with van der Waals surface area (Å²) in [5, 5.41) is 3.42. The molecule has 2 aliphatic heterocycles. The largest absolute Gasteiger partial charge is 0.444 e. The first-order valence-electron chi connectivity index (χ1n) is 6.13. The molecule has 4 heteroatoms. The molecule has 1 amide bonds. The molecule has 0 aliphatic carbocycles. The fraction of sp³-hybridized carbons (Fsp3) is 0.917. The predicted molar refractivity (Wildman–Crippen MR) is 62.3 cm³/mol. The zero-order valence-corrected chi connectivity index (χ0v) is 10.5. The highest BCUT2D eigenvalue weighted by Gasteiger charge is 2.34. The highest BCUT2D eigenvalue weighted by molar-refractivity contribution is 5.68. The van der Waals surface area contributed by atoms with Gasteiger partial charge in [-0.25, -0.2) is 4.79 Å². The lowest BCUT2D eigenvalue weighted by atomic mass is 9.86. The number of carbonyl (C=O) groups is 1. The summed E-state index contributed by atoms with van der Waals surface area (Å²) in [7, 11) is 0. The minimum absolute atomic E-state index is 0.149. The monoisotopic (exact) mass is 226 g/mol. The van der Waals surface area contributed by atoms with Crippen molar-refractivity contribution in [2.45, 2.75) is 32.8 Å². The van der Waals surface area contributed by atoms with Gasteiger partial charge in [-0.1, -0.05) is 0 Å². The van der Waals surface area contributed by atoms with Crippen molar-refractivity contribution in [2.24, 2.45) is 11.8 Å². The number of nitrogens with one attached hydrogen (secondary N) is 1. The Morgan fingerprint density at radius 2 is 1.81 bits per heavy atom. The molecule has 0 aromatic rings. The third kappa shape index (κ3) is 2.88. The van der Waals surface area contributed by atoms with Crippen LogP contribution in [0.1, 0.15) is 27.2 Å². The van der Waals surface area contributed by atoms with Gasteiger partial charge in [-0.2, -0.15) is 0 Å². The first-order chi connectivity index (χ1) is 7.44. The van der Waals surface area contributed by atoms with E-state index >= 15 is 0 Å². The van der Waals surface area contributed by atoms with E-state index < -0.39 is 0 Å². The fourth-order valence-corrected chi connectivity index (χ4v) is 2.58. The number of hydrogen-bond acceptors (Lipinski definition) is 3. The standard InChI is InChI=1S/C12H22N2O2/c1-12(2,3)16-11(15)14-7-9-4-10(8-14)6-13-5-9/h9-10,13H,4-8H2,1-3H3/t9-,10-/m0/s1. The van der Waals surface area contributed by atoms with Crippen molar-refractivity contribution in [3.8, 4) is 0 Å². The third-order valence-corrected chi connectivity index (χ3v) is 3.14. The van der Waals surface area contributed by atoms with Crippen molar-refractivity contribution in [3.05, 3.63) is 0 Å². The number of piperidine rings is 2. The lowest BCUT2D eigenvalue weighted by Gasteiger charge is -2.41. The van der Waals surface area contributed by atoms with Crippen LogP contribution in [0.5, 0.6) is 0 Å². The second-order valence-electron chi connectivity index (χ2n) is 6.01. The molecule has 2 bridgehead atoms. The molecular weight excluding hydrogens is 204 g/mol. The number of carbonyl (C=O) groups excluding carboxylic acids is 1. The van der Waals surface area contributed by atoms with Crippen LogP contribution in [0.25, 0.3) is 0 Å². The minimum atomic E-state index is -0.387. The molecule has 0 spiro atoms. The summed E-state index contributed by atoms with van der Waals surface area (Å²) < 4.78 is 5.41. The molecule has 0 saturated carbocycles. The summed E-state index contributed by atoms with van der Waals surface area (Å²) >= 11 is 0. The van der Waals surface area contributed by atoms with Crippen LogP contribution in [0, 0.1) is 11.8 Å². The summed E-state index contributed by atoms with van der Waals surface area (Å²) in [4.78, 5) is 13.8. The van der Waals surface area contributed by atoms with Gasteiger partial charge in [0.25, 0.3) is 0 Å². The molecule has 2 rings (SSSR count). The van der Waals surface area contributed by atoms with Crippen LogP contribution in [0.4, 0.5) is 4.79 Å². The van der Waals surface area contributed by atoms with Crippen molar-refractivity contribution < 1.29 is 9.53 Å². The van der Waals surface area contributed by atoms with Gasteiger partial charge in [0.05, 0.1) is 0 Å². The van der Waals surface area contributed by atoms with Gasteiger partial charge in [-0.15, -0.1) is 0 Å². The molecule has 1 N–H and O–H groups in total. The average Bonchev–Trinajstić information content (AvgIpc) is 2.14. The van der Waals surface area contributed by atoms with Crippen molar-refractivity contribution in [1.82, 2.24) is 10.2 Å². The lowest BCUT2D eigenvalue weighted by Crippen LogP contribution is -2.53. The molecule has 2 aliphatic rings. The summed E-state index contributed by atoms with van der Waals surface area (Å²) in [5.41, 5.74) is -0.387. The maximum atomic E-state index is 11.9. The Kier molecular flexibility index (Phi) is 3.10. The number of fused-ring (bicyclic) bond motifs is 2. The smallest absolute Gasteiger partial charge is 0.410 e. The highest BCUT2D eigenvalue weighted by Crippen LogP contribution is 2.25. The van der Waals surface area contributed by atoms with E-state index in [1.807, 2.05) is 25.7 Å². The number of nitrogens with zero attached hydrogens (tertiary/aromatic N) is 1. The minimum Gasteiger partial charge on any atom is -0.444 e. The van der Waals surface area contributed by atoms with Gasteiger partial charge in [0.2, 0.25) is 0 Å². The average molecular weight is 226 g/mol. The van der Waals surface area contributed by atoms with E-state index in [1.165, 1.54) is 6.42 Å². The van der Waals surface area contributed by atoms with Gasteiger partial charge in [-0.3, -0.25) is 0 Å². The summed E-state index contributed by atoms with van der Waals surface area (Å²) in [6.45, 7) is 9.51. The molecule has 2 saturated heterocycles. The molecule has 16 heavy (non-hydrogen) atoms. The van der Waals surface area contributed by atoms with Gasteiger partial charge < -0.3 is 15.0 Å². The number of rotatable bonds is 0. The normalized spacial score (nSPS) is 30.1. The SMILES string of the molecule is CC(C)(C)OC(=O)N1C[C@@H]2CNC[C@H](C2)C1. The van der Waals surface area contributed by atoms with Gasteiger partial charge in [0.1, 0.15) is 5.60 Å². The van der Waals surface area contributed by atoms with E-state index in [2.05, 4.69) is 5.32 Å². The summed E-state index contributed by atoms with van der Waals surface area (Å²) in [6, 6.07) is 0. The Morgan fingerprint density at radius 3 is 2.31 bits per heavy atom. The van der Waals surface area contributed by atoms with E-state index in [-0.39, 0.29) is 11.7 Å². The Balaban J connectivity index is 1.92. The lowest BCUT2D eigenvalue weighted by molar-refractivity contribution is 0.00578. The second-order valence-corrected chi connectivity index (χ2v) is 6.01. The second kappa shape index (κ2) is 4.24. The van der Waals surface area contributed by atoms with Crippen molar-refractivity contribution in [2.75, 3.05) is 26.2 Å². The topological polar surface area (TPSA) is 41.6 Å². The van der Waals surface area contributed by atoms with E-state index in [0.717, 1.165) is 26.2 Å². The quantitative estimate of drug-likeness (QED) is 0.680. The van der Waals surface area contributed by atoms with Gasteiger partial charge in [-0.05, 0) is 52.1 Å². The highest BCUT2D eigenvalue weighted by atomic mass is 16.6. The van der Waals surface area contributed by atoms with Crippen molar-refractivity contribution >= 4 is 6.09 Å². The van der Waals surface area contributed by atoms with Crippen LogP contribution in [0.15, 0.2) is 0 Å². The van der Waals surface area contributed by atoms with E-state index in [1.54, 1.807) is 0 Å². The zero-order chi connectivity index (χ0) is 11.8. The first-order valence-corrected chi connectivity index (χ1v) is 6.13. The molecule has 4 nitrogen and oxygen atoms in total. The molecule has 2 atom stereocenters. The summed E-state index contributed by atoms with van der Waals surface area (Å²) in [6.07, 6.45) is 1.11. The molecular formula is C12H22N2O2. The third-order valence-electron chi connectivity index (χ3n) is 3.14. The maximum Gasteiger partial charge on any atom is 0.410 e. The predicted octanol–water partition coefficient (Wildman–Crippen LogP) is 1.46. The molecule has 0 radical (unpaired) electrons. The van der Waals surface area contributed by atoms with Crippen LogP contribution in [-0.2, 0) is 4.74 Å². The van der Waals surface area contributed by atoms with E-state index in [0.29, 0.717) is 11.8 Å². The summed E-state index contributed by atoms with van der Waals surface area (Å²) in [5.74, 6) is 1.22. The molecule has 2 fully saturated rings. The van der Waals surface area contributed by atoms with Crippen LogP contribution in [0.3, 0.4) is 0 Å². The maximum absolute atomic E-state index is 11.9. The fourth-order valence-electron chi connectivity index (χ4n) is 2.58. The van der Waals surface area contributed by atoms with Crippen LogP contribution in [-0.4, -0.2) is 42.8 Å². The number of hydrogen-bond donors (Lipinski definition) is 1. The van der Waals surface area contributed by atoms with Crippen LogP contribution >= 0.6 is 0 Å². The van der Waals surface area contributed by atoms with E-state index in [4.69, 9.17) is 4.74 Å². The molecule has 92 valence electrons. The van der Waals surface area contributed by atoms with Gasteiger partial charge >= 0.3 is 6.09 Å². The molecule has 0 aromatic carbocycles. The Hall–Kier alpha value is -0.770. The van der Waals surface area contributed by atoms with Crippen LogP contribution < -0.4 is 5.32 Å². The number of amides is 1. The van der Waals surface area contributed by atoms with Crippen molar-refractivity contribution in [3.63, 3.8) is 0 Å². The first kappa shape index (κ1) is 11.7. The zero-order valence-electron chi connectivity index (χ0n) is 10.5. The molecule has 0 aromatic heterocycles. The Bertz CT molecular complexity index is 261. The van der Waals surface area contributed by atoms with Gasteiger partial charge in [0.15, 0.2) is 0 Å². The Morgan fingerprint density at radius 1 is 1.25 bits per heavy atom. The van der Waals surface area contributed by atoms with Crippen molar-refractivity contribution in [1.29, 1.82) is 0 Å².